The lowest BCUT2D eigenvalue weighted by molar-refractivity contribution is 0.286. The van der Waals surface area contributed by atoms with E-state index in [1.165, 1.54) is 5.69 Å². The van der Waals surface area contributed by atoms with Crippen molar-refractivity contribution in [2.45, 2.75) is 32.7 Å². The third-order valence-electron chi connectivity index (χ3n) is 3.15. The summed E-state index contributed by atoms with van der Waals surface area (Å²) in [7, 11) is 0. The van der Waals surface area contributed by atoms with Crippen LogP contribution in [0.2, 0.25) is 0 Å². The summed E-state index contributed by atoms with van der Waals surface area (Å²) in [6.45, 7) is 4.50. The van der Waals surface area contributed by atoms with Gasteiger partial charge < -0.3 is 10.1 Å². The molecule has 1 aromatic carbocycles. The molecule has 1 unspecified atom stereocenters. The van der Waals surface area contributed by atoms with Crippen molar-refractivity contribution in [3.05, 3.63) is 47.7 Å². The third-order valence-corrected chi connectivity index (χ3v) is 3.15. The normalized spacial score (nSPS) is 18.4. The summed E-state index contributed by atoms with van der Waals surface area (Å²) in [4.78, 5) is 0. The highest BCUT2D eigenvalue weighted by molar-refractivity contribution is 5.19. The number of hydrogen-bond acceptors (Lipinski definition) is 3. The van der Waals surface area contributed by atoms with E-state index in [1.54, 1.807) is 0 Å². The smallest absolute Gasteiger partial charge is 0.233 e. The van der Waals surface area contributed by atoms with Crippen LogP contribution in [0.5, 0.6) is 5.88 Å². The molecule has 0 fully saturated rings. The highest BCUT2D eigenvalue weighted by Crippen LogP contribution is 2.17. The summed E-state index contributed by atoms with van der Waals surface area (Å²) in [5.74, 6) is 0.713. The van der Waals surface area contributed by atoms with Crippen molar-refractivity contribution in [1.82, 2.24) is 15.1 Å². The van der Waals surface area contributed by atoms with Crippen molar-refractivity contribution in [1.29, 1.82) is 0 Å². The number of ether oxygens (including phenoxy) is 1. The van der Waals surface area contributed by atoms with Crippen LogP contribution in [0.4, 0.5) is 0 Å². The molecule has 0 aliphatic carbocycles. The molecule has 1 atom stereocenters. The summed E-state index contributed by atoms with van der Waals surface area (Å²) < 4.78 is 7.75. The molecule has 2 heterocycles. The van der Waals surface area contributed by atoms with Gasteiger partial charge in [-0.15, -0.1) is 5.10 Å². The van der Waals surface area contributed by atoms with E-state index in [0.29, 0.717) is 18.5 Å². The van der Waals surface area contributed by atoms with Crippen molar-refractivity contribution in [3.63, 3.8) is 0 Å². The first-order valence-corrected chi connectivity index (χ1v) is 6.28. The van der Waals surface area contributed by atoms with Gasteiger partial charge in [-0.25, -0.2) is 0 Å². The van der Waals surface area contributed by atoms with Crippen LogP contribution in [-0.4, -0.2) is 15.8 Å². The van der Waals surface area contributed by atoms with Crippen molar-refractivity contribution >= 4 is 0 Å². The molecule has 1 N–H and O–H groups in total. The molecule has 94 valence electrons. The molecule has 1 aromatic heterocycles. The summed E-state index contributed by atoms with van der Waals surface area (Å²) >= 11 is 0. The van der Waals surface area contributed by atoms with Gasteiger partial charge in [0.15, 0.2) is 0 Å². The van der Waals surface area contributed by atoms with Crippen LogP contribution >= 0.6 is 0 Å². The maximum Gasteiger partial charge on any atom is 0.233 e. The second-order valence-electron chi connectivity index (χ2n) is 4.71. The molecule has 4 nitrogen and oxygen atoms in total. The van der Waals surface area contributed by atoms with E-state index < -0.39 is 0 Å². The van der Waals surface area contributed by atoms with Crippen molar-refractivity contribution < 1.29 is 4.74 Å². The standard InChI is InChI=1S/C14H17N3O/c1-11-9-17-13(8-15-11)7-14(16-17)18-10-12-5-3-2-4-6-12/h2-7,11,15H,8-10H2,1H3. The lowest BCUT2D eigenvalue weighted by atomic mass is 10.2. The Bertz CT molecular complexity index is 521. The Morgan fingerprint density at radius 3 is 3.06 bits per heavy atom. The zero-order chi connectivity index (χ0) is 12.4. The van der Waals surface area contributed by atoms with Gasteiger partial charge in [0.05, 0.1) is 12.2 Å². The zero-order valence-corrected chi connectivity index (χ0v) is 10.5. The van der Waals surface area contributed by atoms with E-state index in [9.17, 15) is 0 Å². The number of benzene rings is 1. The SMILES string of the molecule is CC1Cn2nc(OCc3ccccc3)cc2CN1. The molecule has 4 heteroatoms. The van der Waals surface area contributed by atoms with Gasteiger partial charge >= 0.3 is 0 Å². The summed E-state index contributed by atoms with van der Waals surface area (Å²) in [5.41, 5.74) is 2.35. The minimum atomic E-state index is 0.472. The van der Waals surface area contributed by atoms with Crippen LogP contribution in [-0.2, 0) is 19.7 Å². The van der Waals surface area contributed by atoms with Gasteiger partial charge in [0.2, 0.25) is 5.88 Å². The quantitative estimate of drug-likeness (QED) is 0.895. The second-order valence-corrected chi connectivity index (χ2v) is 4.71. The molecule has 2 aromatic rings. The highest BCUT2D eigenvalue weighted by Gasteiger charge is 2.16. The largest absolute Gasteiger partial charge is 0.472 e. The van der Waals surface area contributed by atoms with Crippen LogP contribution in [0.25, 0.3) is 0 Å². The monoisotopic (exact) mass is 243 g/mol. The van der Waals surface area contributed by atoms with E-state index in [0.717, 1.165) is 18.7 Å². The van der Waals surface area contributed by atoms with Gasteiger partial charge in [-0.3, -0.25) is 4.68 Å². The number of nitrogens with one attached hydrogen (secondary N) is 1. The minimum absolute atomic E-state index is 0.472. The topological polar surface area (TPSA) is 39.1 Å². The molecule has 3 rings (SSSR count). The van der Waals surface area contributed by atoms with E-state index in [4.69, 9.17) is 4.74 Å². The summed E-state index contributed by atoms with van der Waals surface area (Å²) in [6, 6.07) is 12.6. The van der Waals surface area contributed by atoms with Crippen molar-refractivity contribution in [2.75, 3.05) is 0 Å². The molecular weight excluding hydrogens is 226 g/mol. The van der Waals surface area contributed by atoms with Crippen LogP contribution in [0.1, 0.15) is 18.2 Å². The predicted octanol–water partition coefficient (Wildman–Crippen LogP) is 1.95. The second kappa shape index (κ2) is 4.82. The Morgan fingerprint density at radius 1 is 1.39 bits per heavy atom. The molecule has 18 heavy (non-hydrogen) atoms. The van der Waals surface area contributed by atoms with E-state index in [1.807, 2.05) is 28.9 Å². The van der Waals surface area contributed by atoms with Gasteiger partial charge in [-0.2, -0.15) is 0 Å². The molecule has 0 amide bonds. The summed E-state index contributed by atoms with van der Waals surface area (Å²) in [6.07, 6.45) is 0. The number of nitrogens with zero attached hydrogens (tertiary/aromatic N) is 2. The lowest BCUT2D eigenvalue weighted by Gasteiger charge is -2.20. The Morgan fingerprint density at radius 2 is 2.22 bits per heavy atom. The molecule has 0 radical (unpaired) electrons. The maximum absolute atomic E-state index is 5.72. The molecule has 1 aliphatic rings. The van der Waals surface area contributed by atoms with Crippen LogP contribution in [0, 0.1) is 0 Å². The first kappa shape index (κ1) is 11.3. The fourth-order valence-corrected chi connectivity index (χ4v) is 2.13. The van der Waals surface area contributed by atoms with Crippen LogP contribution in [0.15, 0.2) is 36.4 Å². The number of aromatic nitrogens is 2. The number of hydrogen-bond donors (Lipinski definition) is 1. The molecule has 0 saturated heterocycles. The fourth-order valence-electron chi connectivity index (χ4n) is 2.13. The van der Waals surface area contributed by atoms with E-state index >= 15 is 0 Å². The first-order chi connectivity index (χ1) is 8.81. The maximum atomic E-state index is 5.72. The first-order valence-electron chi connectivity index (χ1n) is 6.28. The van der Waals surface area contributed by atoms with Crippen LogP contribution in [0.3, 0.4) is 0 Å². The number of rotatable bonds is 3. The Labute approximate surface area is 107 Å². The van der Waals surface area contributed by atoms with E-state index in [2.05, 4.69) is 29.5 Å². The molecule has 1 aliphatic heterocycles. The average Bonchev–Trinajstić information content (AvgIpc) is 2.79. The predicted molar refractivity (Wildman–Crippen MR) is 69.3 cm³/mol. The van der Waals surface area contributed by atoms with Gasteiger partial charge in [0, 0.05) is 18.7 Å². The molecule has 0 spiro atoms. The number of fused-ring (bicyclic) bond motifs is 1. The zero-order valence-electron chi connectivity index (χ0n) is 10.5. The molecular formula is C14H17N3O. The van der Waals surface area contributed by atoms with E-state index in [-0.39, 0.29) is 0 Å². The third kappa shape index (κ3) is 2.38. The Kier molecular flexibility index (Phi) is 3.02. The Hall–Kier alpha value is -1.81. The fraction of sp³-hybridized carbons (Fsp3) is 0.357. The average molecular weight is 243 g/mol. The molecule has 0 saturated carbocycles. The highest BCUT2D eigenvalue weighted by atomic mass is 16.5. The Balaban J connectivity index is 1.67. The lowest BCUT2D eigenvalue weighted by Crippen LogP contribution is -2.36. The van der Waals surface area contributed by atoms with Crippen molar-refractivity contribution in [2.24, 2.45) is 0 Å². The van der Waals surface area contributed by atoms with Gasteiger partial charge in [-0.1, -0.05) is 30.3 Å². The van der Waals surface area contributed by atoms with Crippen LogP contribution < -0.4 is 10.1 Å². The summed E-state index contributed by atoms with van der Waals surface area (Å²) in [5, 5.41) is 7.88. The van der Waals surface area contributed by atoms with Gasteiger partial charge in [0.1, 0.15) is 6.61 Å². The van der Waals surface area contributed by atoms with Crippen molar-refractivity contribution in [3.8, 4) is 5.88 Å². The van der Waals surface area contributed by atoms with Gasteiger partial charge in [-0.05, 0) is 12.5 Å². The minimum Gasteiger partial charge on any atom is -0.472 e. The molecule has 0 bridgehead atoms. The van der Waals surface area contributed by atoms with Gasteiger partial charge in [0.25, 0.3) is 0 Å².